The van der Waals surface area contributed by atoms with E-state index in [4.69, 9.17) is 21.7 Å². The number of likely N-dealkylation sites (tertiary alicyclic amines) is 1. The molecule has 0 radical (unpaired) electrons. The number of nitrogens with zero attached hydrogens (tertiary/aromatic N) is 1. The number of carbonyl (C=O) groups excluding carboxylic acids is 1. The third kappa shape index (κ3) is 2.80. The lowest BCUT2D eigenvalue weighted by molar-refractivity contribution is -0.193. The van der Waals surface area contributed by atoms with Crippen LogP contribution < -0.4 is 5.32 Å². The van der Waals surface area contributed by atoms with Gasteiger partial charge in [0.25, 0.3) is 11.0 Å². The zero-order valence-electron chi connectivity index (χ0n) is 12.6. The molecular weight excluding hydrogens is 300 g/mol. The molecule has 6 heteroatoms. The number of methoxy groups -OCH3 is 1. The predicted octanol–water partition coefficient (Wildman–Crippen LogP) is 2.62. The fraction of sp³-hybridized carbons (Fsp3) is 0.500. The van der Waals surface area contributed by atoms with E-state index in [2.05, 4.69) is 5.32 Å². The SMILES string of the molecule is COC1(CC(=O)N2CCCCC2)OC(=S)Nc2ccccc21. The van der Waals surface area contributed by atoms with Crippen molar-refractivity contribution in [2.24, 2.45) is 0 Å². The van der Waals surface area contributed by atoms with Crippen LogP contribution in [0.5, 0.6) is 0 Å². The van der Waals surface area contributed by atoms with Crippen molar-refractivity contribution < 1.29 is 14.3 Å². The Hall–Kier alpha value is -1.66. The van der Waals surface area contributed by atoms with E-state index in [1.54, 1.807) is 7.11 Å². The molecule has 2 aliphatic rings. The van der Waals surface area contributed by atoms with Gasteiger partial charge in [-0.05, 0) is 37.5 Å². The fourth-order valence-corrected chi connectivity index (χ4v) is 3.32. The van der Waals surface area contributed by atoms with E-state index in [0.717, 1.165) is 37.2 Å². The zero-order valence-corrected chi connectivity index (χ0v) is 13.4. The monoisotopic (exact) mass is 320 g/mol. The fourth-order valence-electron chi connectivity index (χ4n) is 3.07. The minimum atomic E-state index is -1.15. The normalized spacial score (nSPS) is 24.2. The van der Waals surface area contributed by atoms with E-state index in [1.165, 1.54) is 6.42 Å². The zero-order chi connectivity index (χ0) is 15.6. The highest BCUT2D eigenvalue weighted by Gasteiger charge is 2.44. The highest BCUT2D eigenvalue weighted by molar-refractivity contribution is 7.80. The number of rotatable bonds is 3. The van der Waals surface area contributed by atoms with E-state index in [9.17, 15) is 4.79 Å². The van der Waals surface area contributed by atoms with Crippen LogP contribution >= 0.6 is 12.2 Å². The number of carbonyl (C=O) groups is 1. The number of para-hydroxylation sites is 1. The number of hydrogen-bond acceptors (Lipinski definition) is 4. The minimum absolute atomic E-state index is 0.0426. The molecule has 118 valence electrons. The van der Waals surface area contributed by atoms with Gasteiger partial charge in [0.1, 0.15) is 0 Å². The molecule has 1 N–H and O–H groups in total. The molecule has 0 aliphatic carbocycles. The molecule has 0 spiro atoms. The van der Waals surface area contributed by atoms with Gasteiger partial charge in [-0.2, -0.15) is 0 Å². The van der Waals surface area contributed by atoms with Crippen molar-refractivity contribution in [2.45, 2.75) is 31.5 Å². The van der Waals surface area contributed by atoms with Crippen LogP contribution in [0, 0.1) is 0 Å². The van der Waals surface area contributed by atoms with Crippen LogP contribution in [0.1, 0.15) is 31.2 Å². The number of benzene rings is 1. The van der Waals surface area contributed by atoms with Gasteiger partial charge in [0, 0.05) is 25.8 Å². The molecule has 1 amide bonds. The number of amides is 1. The Labute approximate surface area is 135 Å². The lowest BCUT2D eigenvalue weighted by Gasteiger charge is -2.39. The summed E-state index contributed by atoms with van der Waals surface area (Å²) in [6, 6.07) is 7.62. The quantitative estimate of drug-likeness (QED) is 0.868. The van der Waals surface area contributed by atoms with E-state index in [1.807, 2.05) is 29.2 Å². The molecule has 0 saturated carbocycles. The molecule has 1 unspecified atom stereocenters. The third-order valence-electron chi connectivity index (χ3n) is 4.25. The Morgan fingerprint density at radius 2 is 2.09 bits per heavy atom. The van der Waals surface area contributed by atoms with Gasteiger partial charge < -0.3 is 19.7 Å². The van der Waals surface area contributed by atoms with Crippen LogP contribution in [0.4, 0.5) is 5.69 Å². The van der Waals surface area contributed by atoms with Crippen molar-refractivity contribution in [3.63, 3.8) is 0 Å². The molecule has 1 aromatic rings. The molecule has 2 heterocycles. The Balaban J connectivity index is 1.88. The van der Waals surface area contributed by atoms with Crippen molar-refractivity contribution in [2.75, 3.05) is 25.5 Å². The summed E-state index contributed by atoms with van der Waals surface area (Å²) in [6.07, 6.45) is 3.43. The topological polar surface area (TPSA) is 50.8 Å². The van der Waals surface area contributed by atoms with Gasteiger partial charge in [0.15, 0.2) is 0 Å². The van der Waals surface area contributed by atoms with Crippen molar-refractivity contribution in [1.82, 2.24) is 4.90 Å². The van der Waals surface area contributed by atoms with E-state index >= 15 is 0 Å². The van der Waals surface area contributed by atoms with Crippen LogP contribution in [-0.4, -0.2) is 36.2 Å². The lowest BCUT2D eigenvalue weighted by atomic mass is 9.97. The van der Waals surface area contributed by atoms with Gasteiger partial charge >= 0.3 is 0 Å². The van der Waals surface area contributed by atoms with Crippen molar-refractivity contribution in [1.29, 1.82) is 0 Å². The van der Waals surface area contributed by atoms with Crippen LogP contribution in [0.3, 0.4) is 0 Å². The molecule has 3 rings (SSSR count). The van der Waals surface area contributed by atoms with Gasteiger partial charge in [-0.15, -0.1) is 0 Å². The van der Waals surface area contributed by atoms with Crippen molar-refractivity contribution in [3.05, 3.63) is 29.8 Å². The molecule has 5 nitrogen and oxygen atoms in total. The Kier molecular flexibility index (Phi) is 4.31. The molecule has 1 saturated heterocycles. The number of thiocarbonyl (C=S) groups is 1. The Bertz CT molecular complexity index is 587. The first-order valence-electron chi connectivity index (χ1n) is 7.57. The number of nitrogens with one attached hydrogen (secondary N) is 1. The second-order valence-corrected chi connectivity index (χ2v) is 6.01. The van der Waals surface area contributed by atoms with Gasteiger partial charge in [0.05, 0.1) is 12.1 Å². The lowest BCUT2D eigenvalue weighted by Crippen LogP contribution is -2.46. The van der Waals surface area contributed by atoms with E-state index in [0.29, 0.717) is 0 Å². The summed E-state index contributed by atoms with van der Waals surface area (Å²) in [5.41, 5.74) is 1.63. The van der Waals surface area contributed by atoms with Gasteiger partial charge in [0.2, 0.25) is 5.91 Å². The summed E-state index contributed by atoms with van der Waals surface area (Å²) in [5.74, 6) is -1.10. The first-order valence-corrected chi connectivity index (χ1v) is 7.98. The number of piperidine rings is 1. The third-order valence-corrected chi connectivity index (χ3v) is 4.44. The summed E-state index contributed by atoms with van der Waals surface area (Å²) in [4.78, 5) is 14.5. The Morgan fingerprint density at radius 3 is 2.82 bits per heavy atom. The van der Waals surface area contributed by atoms with E-state index < -0.39 is 5.79 Å². The maximum atomic E-state index is 12.6. The highest BCUT2D eigenvalue weighted by Crippen LogP contribution is 2.39. The maximum absolute atomic E-state index is 12.6. The standard InChI is InChI=1S/C16H20N2O3S/c1-20-16(11-14(19)18-9-5-2-6-10-18)12-7-3-4-8-13(12)17-15(22)21-16/h3-4,7-8H,2,5-6,9-11H2,1H3,(H,17,22). The largest absolute Gasteiger partial charge is 0.433 e. The molecule has 1 atom stereocenters. The van der Waals surface area contributed by atoms with E-state index in [-0.39, 0.29) is 17.5 Å². The van der Waals surface area contributed by atoms with Crippen molar-refractivity contribution in [3.8, 4) is 0 Å². The van der Waals surface area contributed by atoms with Crippen LogP contribution in [-0.2, 0) is 20.1 Å². The van der Waals surface area contributed by atoms with Gasteiger partial charge in [-0.3, -0.25) is 4.79 Å². The number of fused-ring (bicyclic) bond motifs is 1. The Morgan fingerprint density at radius 1 is 1.36 bits per heavy atom. The second-order valence-electron chi connectivity index (χ2n) is 5.64. The molecular formula is C16H20N2O3S. The summed E-state index contributed by atoms with van der Waals surface area (Å²) < 4.78 is 11.4. The molecule has 22 heavy (non-hydrogen) atoms. The summed E-state index contributed by atoms with van der Waals surface area (Å²) in [5, 5.41) is 3.23. The minimum Gasteiger partial charge on any atom is -0.433 e. The average molecular weight is 320 g/mol. The van der Waals surface area contributed by atoms with Crippen molar-refractivity contribution >= 4 is 29.0 Å². The first kappa shape index (κ1) is 15.2. The van der Waals surface area contributed by atoms with Crippen LogP contribution in [0.2, 0.25) is 0 Å². The smallest absolute Gasteiger partial charge is 0.264 e. The summed E-state index contributed by atoms with van der Waals surface area (Å²) >= 11 is 5.17. The molecule has 2 aliphatic heterocycles. The molecule has 1 fully saturated rings. The van der Waals surface area contributed by atoms with Gasteiger partial charge in [-0.25, -0.2) is 0 Å². The molecule has 0 bridgehead atoms. The second kappa shape index (κ2) is 6.22. The predicted molar refractivity (Wildman–Crippen MR) is 87.5 cm³/mol. The van der Waals surface area contributed by atoms with Gasteiger partial charge in [-0.1, -0.05) is 18.2 Å². The summed E-state index contributed by atoms with van der Waals surface area (Å²) in [7, 11) is 1.55. The highest BCUT2D eigenvalue weighted by atomic mass is 32.1. The molecule has 0 aromatic heterocycles. The molecule has 1 aromatic carbocycles. The maximum Gasteiger partial charge on any atom is 0.264 e. The number of anilines is 1. The average Bonchev–Trinajstić information content (AvgIpc) is 2.55. The van der Waals surface area contributed by atoms with Crippen LogP contribution in [0.25, 0.3) is 0 Å². The number of ether oxygens (including phenoxy) is 2. The number of hydrogen-bond donors (Lipinski definition) is 1. The van der Waals surface area contributed by atoms with Crippen LogP contribution in [0.15, 0.2) is 24.3 Å². The first-order chi connectivity index (χ1) is 10.6. The summed E-state index contributed by atoms with van der Waals surface area (Å²) in [6.45, 7) is 1.62.